The Labute approximate surface area is 180 Å². The van der Waals surface area contributed by atoms with Gasteiger partial charge >= 0.3 is 0 Å². The van der Waals surface area contributed by atoms with E-state index in [1.807, 2.05) is 86.7 Å². The molecule has 3 aromatic carbocycles. The predicted molar refractivity (Wildman–Crippen MR) is 126 cm³/mol. The Hall–Kier alpha value is -3.66. The fourth-order valence-corrected chi connectivity index (χ4v) is 4.16. The zero-order valence-electron chi connectivity index (χ0n) is 17.7. The number of benzene rings is 3. The van der Waals surface area contributed by atoms with E-state index in [-0.39, 0.29) is 11.7 Å². The maximum absolute atomic E-state index is 13.5. The van der Waals surface area contributed by atoms with Gasteiger partial charge in [0.2, 0.25) is 0 Å². The second-order valence-electron chi connectivity index (χ2n) is 8.07. The fourth-order valence-electron chi connectivity index (χ4n) is 4.16. The molecule has 31 heavy (non-hydrogen) atoms. The van der Waals surface area contributed by atoms with Gasteiger partial charge in [-0.25, -0.2) is 0 Å². The van der Waals surface area contributed by atoms with Gasteiger partial charge in [-0.2, -0.15) is 9.78 Å². The van der Waals surface area contributed by atoms with Crippen LogP contribution in [0.4, 0.5) is 0 Å². The van der Waals surface area contributed by atoms with Gasteiger partial charge in [0.1, 0.15) is 5.75 Å². The summed E-state index contributed by atoms with van der Waals surface area (Å²) in [5.41, 5.74) is 2.54. The highest BCUT2D eigenvalue weighted by Gasteiger charge is 2.14. The molecular formula is C27H24N2O2. The molecule has 1 aliphatic carbocycles. The first-order valence-corrected chi connectivity index (χ1v) is 10.7. The highest BCUT2D eigenvalue weighted by molar-refractivity contribution is 5.91. The van der Waals surface area contributed by atoms with Crippen LogP contribution in [0.15, 0.2) is 71.5 Å². The van der Waals surface area contributed by atoms with Crippen LogP contribution < -0.4 is 20.7 Å². The average Bonchev–Trinajstić information content (AvgIpc) is 2.79. The second-order valence-corrected chi connectivity index (χ2v) is 8.07. The fraction of sp³-hybridized carbons (Fsp3) is 0.185. The molecule has 4 nitrogen and oxygen atoms in total. The summed E-state index contributed by atoms with van der Waals surface area (Å²) in [6.45, 7) is 4.02. The first-order chi connectivity index (χ1) is 15.1. The predicted octanol–water partition coefficient (Wildman–Crippen LogP) is 4.19. The molecule has 1 aliphatic rings. The number of nitrogens with zero attached hydrogens (tertiary/aromatic N) is 2. The number of fused-ring (bicyclic) bond motifs is 2. The molecule has 0 N–H and O–H groups in total. The second kappa shape index (κ2) is 7.88. The maximum Gasteiger partial charge on any atom is 0.279 e. The largest absolute Gasteiger partial charge is 0.491 e. The Morgan fingerprint density at radius 3 is 2.45 bits per heavy atom. The molecule has 1 aromatic heterocycles. The van der Waals surface area contributed by atoms with Gasteiger partial charge in [-0.15, -0.1) is 0 Å². The van der Waals surface area contributed by atoms with Crippen LogP contribution in [0.3, 0.4) is 0 Å². The molecule has 0 amide bonds. The Bertz CT molecular complexity index is 1450. The van der Waals surface area contributed by atoms with Gasteiger partial charge in [-0.05, 0) is 56.3 Å². The lowest BCUT2D eigenvalue weighted by Crippen LogP contribution is -2.47. The highest BCUT2D eigenvalue weighted by atomic mass is 16.5. The van der Waals surface area contributed by atoms with Crippen LogP contribution in [0.5, 0.6) is 5.75 Å². The van der Waals surface area contributed by atoms with E-state index in [4.69, 9.17) is 9.84 Å². The van der Waals surface area contributed by atoms with E-state index in [2.05, 4.69) is 6.08 Å². The number of hydrogen-bond acceptors (Lipinski definition) is 3. The molecule has 0 fully saturated rings. The van der Waals surface area contributed by atoms with Crippen molar-refractivity contribution in [2.75, 3.05) is 0 Å². The molecule has 0 atom stereocenters. The zero-order chi connectivity index (χ0) is 21.4. The molecule has 5 rings (SSSR count). The summed E-state index contributed by atoms with van der Waals surface area (Å²) >= 11 is 0. The van der Waals surface area contributed by atoms with Crippen LogP contribution >= 0.6 is 0 Å². The van der Waals surface area contributed by atoms with Crippen LogP contribution in [-0.4, -0.2) is 15.9 Å². The first-order valence-electron chi connectivity index (χ1n) is 10.7. The third-order valence-electron chi connectivity index (χ3n) is 5.51. The molecule has 4 aromatic rings. The van der Waals surface area contributed by atoms with E-state index in [9.17, 15) is 4.79 Å². The van der Waals surface area contributed by atoms with Gasteiger partial charge in [-0.3, -0.25) is 4.79 Å². The Kier molecular flexibility index (Phi) is 4.91. The van der Waals surface area contributed by atoms with E-state index in [1.54, 1.807) is 4.68 Å². The first kappa shape index (κ1) is 19.3. The maximum atomic E-state index is 13.5. The van der Waals surface area contributed by atoms with Gasteiger partial charge in [0.05, 0.1) is 17.5 Å². The van der Waals surface area contributed by atoms with E-state index in [1.165, 1.54) is 0 Å². The number of hydrogen-bond donors (Lipinski definition) is 0. The third-order valence-corrected chi connectivity index (χ3v) is 5.51. The molecular weight excluding hydrogens is 384 g/mol. The monoisotopic (exact) mass is 408 g/mol. The normalized spacial score (nSPS) is 12.9. The zero-order valence-corrected chi connectivity index (χ0v) is 17.7. The molecule has 0 unspecified atom stereocenters. The summed E-state index contributed by atoms with van der Waals surface area (Å²) in [7, 11) is 0. The summed E-state index contributed by atoms with van der Waals surface area (Å²) in [5.74, 6) is 0.818. The number of ether oxygens (including phenoxy) is 1. The van der Waals surface area contributed by atoms with Gasteiger partial charge < -0.3 is 4.74 Å². The van der Waals surface area contributed by atoms with E-state index in [0.717, 1.165) is 56.7 Å². The summed E-state index contributed by atoms with van der Waals surface area (Å²) in [6.07, 6.45) is 6.07. The van der Waals surface area contributed by atoms with Gasteiger partial charge in [0.25, 0.3) is 5.56 Å². The van der Waals surface area contributed by atoms with Crippen molar-refractivity contribution in [3.8, 4) is 22.7 Å². The summed E-state index contributed by atoms with van der Waals surface area (Å²) in [4.78, 5) is 13.5. The van der Waals surface area contributed by atoms with Crippen molar-refractivity contribution in [3.63, 3.8) is 0 Å². The summed E-state index contributed by atoms with van der Waals surface area (Å²) < 4.78 is 7.41. The SMILES string of the molecule is CC(C)Oc1ccc2c(-n3nc(-c4ccccc4)c4c(c3=O)=CCCC=4)cccc2c1. The van der Waals surface area contributed by atoms with E-state index < -0.39 is 0 Å². The van der Waals surface area contributed by atoms with Gasteiger partial charge in [-0.1, -0.05) is 54.6 Å². The molecule has 0 saturated carbocycles. The quantitative estimate of drug-likeness (QED) is 0.509. The molecule has 0 radical (unpaired) electrons. The van der Waals surface area contributed by atoms with E-state index >= 15 is 0 Å². The Morgan fingerprint density at radius 2 is 1.68 bits per heavy atom. The van der Waals surface area contributed by atoms with Crippen molar-refractivity contribution >= 4 is 22.9 Å². The van der Waals surface area contributed by atoms with Crippen molar-refractivity contribution in [1.29, 1.82) is 0 Å². The van der Waals surface area contributed by atoms with Crippen molar-refractivity contribution in [3.05, 3.63) is 87.5 Å². The minimum Gasteiger partial charge on any atom is -0.491 e. The minimum atomic E-state index is -0.0827. The van der Waals surface area contributed by atoms with Crippen molar-refractivity contribution in [2.24, 2.45) is 0 Å². The molecule has 0 bridgehead atoms. The number of aromatic nitrogens is 2. The molecule has 0 spiro atoms. The molecule has 154 valence electrons. The standard InChI is InChI=1S/C27H24N2O2/c1-18(2)31-21-15-16-22-20(17-21)11-8-14-25(22)29-27(30)24-13-7-6-12-23(24)26(28-29)19-9-4-3-5-10-19/h3-5,8-18H,6-7H2,1-2H3. The lowest BCUT2D eigenvalue weighted by Gasteiger charge is -2.14. The van der Waals surface area contributed by atoms with Crippen molar-refractivity contribution < 1.29 is 4.74 Å². The highest BCUT2D eigenvalue weighted by Crippen LogP contribution is 2.26. The summed E-state index contributed by atoms with van der Waals surface area (Å²) in [5, 5.41) is 8.52. The Morgan fingerprint density at radius 1 is 0.903 bits per heavy atom. The van der Waals surface area contributed by atoms with Gasteiger partial charge in [0.15, 0.2) is 0 Å². The van der Waals surface area contributed by atoms with Crippen molar-refractivity contribution in [2.45, 2.75) is 32.8 Å². The minimum absolute atomic E-state index is 0.0827. The topological polar surface area (TPSA) is 44.1 Å². The van der Waals surface area contributed by atoms with Crippen molar-refractivity contribution in [1.82, 2.24) is 9.78 Å². The van der Waals surface area contributed by atoms with E-state index in [0.29, 0.717) is 0 Å². The number of rotatable bonds is 4. The Balaban J connectivity index is 1.79. The van der Waals surface area contributed by atoms with Gasteiger partial charge in [0, 0.05) is 21.4 Å². The van der Waals surface area contributed by atoms with Crippen LogP contribution in [0.1, 0.15) is 26.7 Å². The summed E-state index contributed by atoms with van der Waals surface area (Å²) in [6, 6.07) is 22.0. The average molecular weight is 409 g/mol. The lowest BCUT2D eigenvalue weighted by atomic mass is 10.0. The lowest BCUT2D eigenvalue weighted by molar-refractivity contribution is 0.243. The van der Waals surface area contributed by atoms with Crippen LogP contribution in [0, 0.1) is 0 Å². The van der Waals surface area contributed by atoms with Crippen LogP contribution in [0.2, 0.25) is 0 Å². The van der Waals surface area contributed by atoms with Crippen LogP contribution in [-0.2, 0) is 0 Å². The third kappa shape index (κ3) is 3.55. The molecule has 1 heterocycles. The molecule has 0 aliphatic heterocycles. The molecule has 0 saturated heterocycles. The molecule has 4 heteroatoms. The van der Waals surface area contributed by atoms with Crippen LogP contribution in [0.25, 0.3) is 39.9 Å². The smallest absolute Gasteiger partial charge is 0.279 e.